The molecule has 3 aliphatic carbocycles. The summed E-state index contributed by atoms with van der Waals surface area (Å²) in [7, 11) is 0. The third-order valence-electron chi connectivity index (χ3n) is 8.35. The molecular formula is C20H26O6. The van der Waals surface area contributed by atoms with Gasteiger partial charge in [0.15, 0.2) is 6.29 Å². The van der Waals surface area contributed by atoms with Crippen molar-refractivity contribution in [1.82, 2.24) is 0 Å². The van der Waals surface area contributed by atoms with Crippen LogP contribution in [-0.2, 0) is 19.1 Å². The molecule has 0 aromatic heterocycles. The third-order valence-corrected chi connectivity index (χ3v) is 8.35. The molecule has 2 bridgehead atoms. The molecule has 2 heterocycles. The summed E-state index contributed by atoms with van der Waals surface area (Å²) in [5.41, 5.74) is -1.94. The molecule has 2 saturated heterocycles. The van der Waals surface area contributed by atoms with Gasteiger partial charge in [0.05, 0.1) is 17.6 Å². The highest BCUT2D eigenvalue weighted by Crippen LogP contribution is 2.72. The molecule has 6 nitrogen and oxygen atoms in total. The van der Waals surface area contributed by atoms with E-state index in [4.69, 9.17) is 9.47 Å². The van der Waals surface area contributed by atoms with Gasteiger partial charge in [-0.1, -0.05) is 20.4 Å². The Bertz CT molecular complexity index is 715. The molecule has 1 spiro atoms. The summed E-state index contributed by atoms with van der Waals surface area (Å²) in [5.74, 6) is -1.45. The molecule has 5 rings (SSSR count). The molecule has 0 radical (unpaired) electrons. The first-order valence-electron chi connectivity index (χ1n) is 9.58. The number of ether oxygens (including phenoxy) is 2. The van der Waals surface area contributed by atoms with Gasteiger partial charge in [0.25, 0.3) is 0 Å². The molecule has 5 fully saturated rings. The van der Waals surface area contributed by atoms with Crippen LogP contribution >= 0.6 is 0 Å². The van der Waals surface area contributed by atoms with Crippen LogP contribution in [0.5, 0.6) is 0 Å². The van der Waals surface area contributed by atoms with Gasteiger partial charge >= 0.3 is 5.97 Å². The number of aliphatic hydroxyl groups is 2. The Morgan fingerprint density at radius 1 is 1.27 bits per heavy atom. The fraction of sp³-hybridized carbons (Fsp3) is 0.800. The Kier molecular flexibility index (Phi) is 3.10. The van der Waals surface area contributed by atoms with Crippen LogP contribution in [0.2, 0.25) is 0 Å². The lowest BCUT2D eigenvalue weighted by Gasteiger charge is -2.67. The van der Waals surface area contributed by atoms with E-state index in [-0.39, 0.29) is 11.3 Å². The smallest absolute Gasteiger partial charge is 0.315 e. The SMILES string of the molecule is C=C1[C@@H]2C[C@@H]3O[C@H](O)[C@@H]4C(C)(C)CC[C@@H]5OC(=O)[C@](C2)([C@@H]1O)[C@@H]3[C@]54C=O. The van der Waals surface area contributed by atoms with Gasteiger partial charge in [0, 0.05) is 11.8 Å². The predicted octanol–water partition coefficient (Wildman–Crippen LogP) is 1.19. The van der Waals surface area contributed by atoms with Crippen molar-refractivity contribution in [3.05, 3.63) is 12.2 Å². The number of hydrogen-bond donors (Lipinski definition) is 2. The van der Waals surface area contributed by atoms with Gasteiger partial charge in [-0.25, -0.2) is 0 Å². The van der Waals surface area contributed by atoms with Crippen LogP contribution in [0.4, 0.5) is 0 Å². The highest BCUT2D eigenvalue weighted by molar-refractivity contribution is 5.84. The minimum Gasteiger partial charge on any atom is -0.461 e. The second-order valence-corrected chi connectivity index (χ2v) is 9.71. The fourth-order valence-corrected chi connectivity index (χ4v) is 7.40. The maximum Gasteiger partial charge on any atom is 0.315 e. The van der Waals surface area contributed by atoms with Gasteiger partial charge in [0.2, 0.25) is 0 Å². The molecule has 0 aromatic rings. The van der Waals surface area contributed by atoms with Crippen LogP contribution in [0.1, 0.15) is 39.5 Å². The van der Waals surface area contributed by atoms with Crippen LogP contribution < -0.4 is 0 Å². The van der Waals surface area contributed by atoms with Crippen molar-refractivity contribution >= 4 is 12.3 Å². The van der Waals surface area contributed by atoms with Crippen LogP contribution in [0.25, 0.3) is 0 Å². The Balaban J connectivity index is 1.78. The molecule has 3 saturated carbocycles. The average Bonchev–Trinajstić information content (AvgIpc) is 2.77. The number of hydrogen-bond acceptors (Lipinski definition) is 6. The lowest BCUT2D eigenvalue weighted by atomic mass is 9.42. The number of carbonyl (C=O) groups excluding carboxylic acids is 2. The average molecular weight is 362 g/mol. The molecule has 2 N–H and O–H groups in total. The van der Waals surface area contributed by atoms with Crippen LogP contribution in [-0.4, -0.2) is 47.1 Å². The van der Waals surface area contributed by atoms with E-state index in [1.807, 2.05) is 13.8 Å². The van der Waals surface area contributed by atoms with Gasteiger partial charge in [-0.15, -0.1) is 0 Å². The van der Waals surface area contributed by atoms with Gasteiger partial charge in [-0.2, -0.15) is 0 Å². The summed E-state index contributed by atoms with van der Waals surface area (Å²) < 4.78 is 11.9. The van der Waals surface area contributed by atoms with E-state index in [9.17, 15) is 19.8 Å². The minimum absolute atomic E-state index is 0.0561. The summed E-state index contributed by atoms with van der Waals surface area (Å²) in [6, 6.07) is 0. The normalized spacial score (nSPS) is 56.5. The zero-order chi connectivity index (χ0) is 18.6. The monoisotopic (exact) mass is 362 g/mol. The first-order valence-corrected chi connectivity index (χ1v) is 9.58. The zero-order valence-corrected chi connectivity index (χ0v) is 15.2. The van der Waals surface area contributed by atoms with Gasteiger partial charge in [-0.05, 0) is 42.6 Å². The van der Waals surface area contributed by atoms with E-state index in [0.29, 0.717) is 24.8 Å². The summed E-state index contributed by atoms with van der Waals surface area (Å²) in [5, 5.41) is 21.9. The van der Waals surface area contributed by atoms with Crippen LogP contribution in [0.15, 0.2) is 12.2 Å². The van der Waals surface area contributed by atoms with Crippen molar-refractivity contribution < 1.29 is 29.3 Å². The van der Waals surface area contributed by atoms with Gasteiger partial charge in [0.1, 0.15) is 17.8 Å². The van der Waals surface area contributed by atoms with Crippen molar-refractivity contribution in [1.29, 1.82) is 0 Å². The summed E-state index contributed by atoms with van der Waals surface area (Å²) in [4.78, 5) is 25.8. The summed E-state index contributed by atoms with van der Waals surface area (Å²) in [6.45, 7) is 8.08. The van der Waals surface area contributed by atoms with E-state index in [0.717, 1.165) is 12.7 Å². The second kappa shape index (κ2) is 4.78. The molecule has 6 heteroatoms. The molecular weight excluding hydrogens is 336 g/mol. The number of carbonyl (C=O) groups is 2. The van der Waals surface area contributed by atoms with Gasteiger partial charge in [-0.3, -0.25) is 4.79 Å². The minimum atomic E-state index is -1.19. The third kappa shape index (κ3) is 1.57. The molecule has 9 atom stereocenters. The summed E-state index contributed by atoms with van der Waals surface area (Å²) >= 11 is 0. The van der Waals surface area contributed by atoms with E-state index in [1.165, 1.54) is 0 Å². The lowest BCUT2D eigenvalue weighted by Crippen LogP contribution is -2.76. The van der Waals surface area contributed by atoms with E-state index >= 15 is 0 Å². The number of aliphatic hydroxyl groups excluding tert-OH is 2. The fourth-order valence-electron chi connectivity index (χ4n) is 7.40. The topological polar surface area (TPSA) is 93.1 Å². The molecule has 5 aliphatic rings. The largest absolute Gasteiger partial charge is 0.461 e. The molecule has 142 valence electrons. The predicted molar refractivity (Wildman–Crippen MR) is 89.6 cm³/mol. The number of esters is 1. The van der Waals surface area contributed by atoms with Crippen LogP contribution in [0.3, 0.4) is 0 Å². The van der Waals surface area contributed by atoms with E-state index in [2.05, 4.69) is 6.58 Å². The van der Waals surface area contributed by atoms with Crippen molar-refractivity contribution in [2.45, 2.75) is 64.1 Å². The van der Waals surface area contributed by atoms with Crippen molar-refractivity contribution in [2.24, 2.45) is 34.0 Å². The van der Waals surface area contributed by atoms with Crippen LogP contribution in [0, 0.1) is 34.0 Å². The standard InChI is InChI=1S/C20H26O6/c1-9-10-6-11-13-19(7-10,15(9)22)17(24)26-12-4-5-18(2,3)14(16(23)25-11)20(12,13)8-21/h8,10-16,22-23H,1,4-7H2,2-3H3/t10-,11+,12+,13-,14-,15-,16+,19+,20+/m1/s1. The maximum absolute atomic E-state index is 13.1. The molecule has 2 aliphatic heterocycles. The van der Waals surface area contributed by atoms with Crippen molar-refractivity contribution in [3.63, 3.8) is 0 Å². The number of fused-ring (bicyclic) bond motifs is 1. The highest BCUT2D eigenvalue weighted by atomic mass is 16.6. The Morgan fingerprint density at radius 3 is 2.69 bits per heavy atom. The Hall–Kier alpha value is -1.24. The first-order chi connectivity index (χ1) is 12.2. The van der Waals surface area contributed by atoms with Crippen molar-refractivity contribution in [3.8, 4) is 0 Å². The Morgan fingerprint density at radius 2 is 2.00 bits per heavy atom. The van der Waals surface area contributed by atoms with E-state index in [1.54, 1.807) is 0 Å². The Labute approximate surface area is 152 Å². The quantitative estimate of drug-likeness (QED) is 0.414. The maximum atomic E-state index is 13.1. The lowest BCUT2D eigenvalue weighted by molar-refractivity contribution is -0.346. The first kappa shape index (κ1) is 16.9. The molecule has 0 unspecified atom stereocenters. The molecule has 0 amide bonds. The molecule has 0 aromatic carbocycles. The number of rotatable bonds is 1. The number of aldehydes is 1. The second-order valence-electron chi connectivity index (χ2n) is 9.71. The zero-order valence-electron chi connectivity index (χ0n) is 15.2. The van der Waals surface area contributed by atoms with E-state index < -0.39 is 53.2 Å². The summed E-state index contributed by atoms with van der Waals surface area (Å²) in [6.07, 6.45) is 0.101. The van der Waals surface area contributed by atoms with Crippen molar-refractivity contribution in [2.75, 3.05) is 0 Å². The van der Waals surface area contributed by atoms with Gasteiger partial charge < -0.3 is 24.5 Å². The highest BCUT2D eigenvalue weighted by Gasteiger charge is 2.79. The molecule has 26 heavy (non-hydrogen) atoms.